The van der Waals surface area contributed by atoms with Crippen molar-refractivity contribution in [3.05, 3.63) is 90.1 Å². The molecular weight excluding hydrogens is 997 g/mol. The molecule has 6 atom stereocenters. The van der Waals surface area contributed by atoms with Crippen LogP contribution in [0.4, 0.5) is 0 Å². The van der Waals surface area contributed by atoms with Crippen molar-refractivity contribution in [3.63, 3.8) is 0 Å². The summed E-state index contributed by atoms with van der Waals surface area (Å²) < 4.78 is 0. The molecule has 416 valence electrons. The Labute approximate surface area is 445 Å². The summed E-state index contributed by atoms with van der Waals surface area (Å²) in [5, 5.41) is 23.9. The number of hydrogen-bond acceptors (Lipinski definition) is 12. The number of para-hydroxylation sites is 1. The molecule has 17 N–H and O–H groups in total. The Morgan fingerprint density at radius 2 is 1.40 bits per heavy atom. The molecule has 26 heteroatoms. The van der Waals surface area contributed by atoms with Crippen LogP contribution in [-0.4, -0.2) is 142 Å². The SMILES string of the molecule is CC(=O)NCC(=O)NC1CCNC(=O)CCC(=O)NCC(C(=O)N[C@@H](Cc2c[nH]c3ccccc23)C(N)=O)NC(=O)[C@H](CCCN=C(N)N)NC(=O)C(Cc2ccccc2)NC(=O)[C@H](Cc2cnc[nH]2)NC1=O.CCCC. The average molecular weight is 1070 g/mol. The third-order valence-corrected chi connectivity index (χ3v) is 12.0. The first-order valence-electron chi connectivity index (χ1n) is 25.4. The van der Waals surface area contributed by atoms with Gasteiger partial charge in [0.1, 0.15) is 36.3 Å². The van der Waals surface area contributed by atoms with Gasteiger partial charge in [-0.1, -0.05) is 75.2 Å². The zero-order chi connectivity index (χ0) is 56.3. The number of aromatic nitrogens is 3. The fraction of sp³-hybridized carbons (Fsp3) is 0.451. The molecular formula is C51H72N16O10. The maximum atomic E-state index is 14.6. The van der Waals surface area contributed by atoms with Gasteiger partial charge in [0.25, 0.3) is 0 Å². The lowest BCUT2D eigenvalue weighted by Gasteiger charge is -2.28. The van der Waals surface area contributed by atoms with E-state index in [2.05, 4.69) is 81.6 Å². The number of nitrogens with one attached hydrogen (secondary N) is 11. The second-order valence-corrected chi connectivity index (χ2v) is 18.2. The molecule has 3 heterocycles. The minimum atomic E-state index is -1.60. The van der Waals surface area contributed by atoms with Crippen LogP contribution < -0.4 is 65.1 Å². The highest BCUT2D eigenvalue weighted by molar-refractivity contribution is 5.98. The van der Waals surface area contributed by atoms with Gasteiger partial charge < -0.3 is 75.0 Å². The zero-order valence-corrected chi connectivity index (χ0v) is 43.5. The Hall–Kier alpha value is -8.84. The van der Waals surface area contributed by atoms with E-state index in [1.807, 2.05) is 18.2 Å². The Morgan fingerprint density at radius 3 is 2.05 bits per heavy atom. The molecule has 26 nitrogen and oxygen atoms in total. The fourth-order valence-corrected chi connectivity index (χ4v) is 7.67. The van der Waals surface area contributed by atoms with Crippen LogP contribution >= 0.6 is 0 Å². The van der Waals surface area contributed by atoms with E-state index < -0.39 is 115 Å². The van der Waals surface area contributed by atoms with E-state index in [0.29, 0.717) is 16.8 Å². The molecule has 77 heavy (non-hydrogen) atoms. The van der Waals surface area contributed by atoms with Crippen molar-refractivity contribution in [3.8, 4) is 0 Å². The quantitative estimate of drug-likeness (QED) is 0.0302. The van der Waals surface area contributed by atoms with Crippen LogP contribution in [0.1, 0.15) is 82.5 Å². The Balaban J connectivity index is 0.00000309. The summed E-state index contributed by atoms with van der Waals surface area (Å²) in [6, 6.07) is 7.22. The molecule has 0 aliphatic carbocycles. The summed E-state index contributed by atoms with van der Waals surface area (Å²) in [6.45, 7) is 4.29. The van der Waals surface area contributed by atoms with Gasteiger partial charge >= 0.3 is 0 Å². The Morgan fingerprint density at radius 1 is 0.766 bits per heavy atom. The first kappa shape index (κ1) is 60.7. The molecule has 10 amide bonds. The molecule has 4 aromatic rings. The van der Waals surface area contributed by atoms with E-state index >= 15 is 0 Å². The van der Waals surface area contributed by atoms with Crippen LogP contribution in [0.2, 0.25) is 0 Å². The van der Waals surface area contributed by atoms with Crippen molar-refractivity contribution in [2.45, 2.75) is 121 Å². The van der Waals surface area contributed by atoms with E-state index in [-0.39, 0.29) is 64.0 Å². The average Bonchev–Trinajstić information content (AvgIpc) is 4.08. The normalized spacial score (nSPS) is 19.5. The highest BCUT2D eigenvalue weighted by atomic mass is 16.2. The highest BCUT2D eigenvalue weighted by Crippen LogP contribution is 2.19. The van der Waals surface area contributed by atoms with Crippen molar-refractivity contribution >= 4 is 75.9 Å². The number of aromatic amines is 2. The predicted octanol–water partition coefficient (Wildman–Crippen LogP) is -2.27. The van der Waals surface area contributed by atoms with E-state index in [0.717, 1.165) is 10.9 Å². The summed E-state index contributed by atoms with van der Waals surface area (Å²) in [6.07, 6.45) is 5.65. The van der Waals surface area contributed by atoms with Crippen LogP contribution in [0.5, 0.6) is 0 Å². The van der Waals surface area contributed by atoms with Gasteiger partial charge in [-0.15, -0.1) is 0 Å². The van der Waals surface area contributed by atoms with Crippen LogP contribution in [0.25, 0.3) is 10.9 Å². The van der Waals surface area contributed by atoms with E-state index in [4.69, 9.17) is 17.2 Å². The number of amides is 10. The third-order valence-electron chi connectivity index (χ3n) is 12.0. The number of nitrogens with two attached hydrogens (primary N) is 3. The van der Waals surface area contributed by atoms with Crippen LogP contribution in [0.15, 0.2) is 78.3 Å². The Bertz CT molecular complexity index is 2650. The number of aliphatic imine (C=N–C) groups is 1. The van der Waals surface area contributed by atoms with Crippen molar-refractivity contribution in [2.24, 2.45) is 22.2 Å². The van der Waals surface area contributed by atoms with Gasteiger partial charge in [-0.05, 0) is 36.5 Å². The number of unbranched alkanes of at least 4 members (excludes halogenated alkanes) is 1. The molecule has 1 aliphatic heterocycles. The number of primary amides is 1. The molecule has 2 aromatic heterocycles. The molecule has 0 bridgehead atoms. The van der Waals surface area contributed by atoms with E-state index in [1.54, 1.807) is 42.6 Å². The maximum Gasteiger partial charge on any atom is 0.245 e. The number of hydrogen-bond donors (Lipinski definition) is 14. The summed E-state index contributed by atoms with van der Waals surface area (Å²) in [4.78, 5) is 149. The van der Waals surface area contributed by atoms with Crippen molar-refractivity contribution in [1.29, 1.82) is 0 Å². The maximum absolute atomic E-state index is 14.6. The number of H-pyrrole nitrogens is 2. The summed E-state index contributed by atoms with van der Waals surface area (Å²) in [5.74, 6) is -8.25. The number of fused-ring (bicyclic) bond motifs is 1. The monoisotopic (exact) mass is 1070 g/mol. The molecule has 1 saturated heterocycles. The summed E-state index contributed by atoms with van der Waals surface area (Å²) >= 11 is 0. The number of rotatable bonds is 17. The van der Waals surface area contributed by atoms with Crippen LogP contribution in [0.3, 0.4) is 0 Å². The van der Waals surface area contributed by atoms with E-state index in [9.17, 15) is 47.9 Å². The lowest BCUT2D eigenvalue weighted by Crippen LogP contribution is -2.61. The summed E-state index contributed by atoms with van der Waals surface area (Å²) in [5.41, 5.74) is 19.3. The predicted molar refractivity (Wildman–Crippen MR) is 284 cm³/mol. The fourth-order valence-electron chi connectivity index (χ4n) is 7.67. The molecule has 2 aromatic carbocycles. The molecule has 0 radical (unpaired) electrons. The number of imidazole rings is 1. The number of carbonyl (C=O) groups excluding carboxylic acids is 10. The molecule has 1 aliphatic rings. The second-order valence-electron chi connectivity index (χ2n) is 18.2. The lowest BCUT2D eigenvalue weighted by molar-refractivity contribution is -0.135. The largest absolute Gasteiger partial charge is 0.370 e. The van der Waals surface area contributed by atoms with Gasteiger partial charge in [-0.25, -0.2) is 4.98 Å². The molecule has 0 saturated carbocycles. The zero-order valence-electron chi connectivity index (χ0n) is 43.5. The third kappa shape index (κ3) is 21.5. The van der Waals surface area contributed by atoms with Gasteiger partial charge in [-0.2, -0.15) is 0 Å². The van der Waals surface area contributed by atoms with Gasteiger partial charge in [0.15, 0.2) is 5.96 Å². The first-order valence-corrected chi connectivity index (χ1v) is 25.4. The number of benzene rings is 2. The first-order chi connectivity index (χ1) is 36.9. The lowest BCUT2D eigenvalue weighted by atomic mass is 10.0. The highest BCUT2D eigenvalue weighted by Gasteiger charge is 2.34. The van der Waals surface area contributed by atoms with Crippen molar-refractivity contribution in [1.82, 2.24) is 62.8 Å². The number of nitrogens with zero attached hydrogens (tertiary/aromatic N) is 2. The second kappa shape index (κ2) is 31.8. The van der Waals surface area contributed by atoms with Gasteiger partial charge in [-0.3, -0.25) is 52.9 Å². The van der Waals surface area contributed by atoms with E-state index in [1.165, 1.54) is 32.3 Å². The van der Waals surface area contributed by atoms with Gasteiger partial charge in [0.05, 0.1) is 12.9 Å². The Kier molecular flexibility index (Phi) is 25.1. The molecule has 1 fully saturated rings. The van der Waals surface area contributed by atoms with Crippen LogP contribution in [-0.2, 0) is 67.2 Å². The molecule has 5 rings (SSSR count). The molecule has 3 unspecified atom stereocenters. The number of guanidine groups is 1. The smallest absolute Gasteiger partial charge is 0.245 e. The minimum absolute atomic E-state index is 0.0114. The standard InChI is InChI=1S/C47H62N16O10.C4H10/c1-26(64)54-24-40(67)58-33-15-17-52-38(65)13-14-39(66)56-23-37(46(73)60-34(41(48)68)19-28-21-55-31-11-6-5-10-30(28)31)63-42(69)32(12-7-16-53-47(49)50)59-44(71)35(18-27-8-3-2-4-9-27)61-45(72)36(62-43(33)70)20-29-22-51-25-57-29;1-3-4-2/h2-6,8-11,21-22,25,32-37,55H,7,12-20,23-24H2,1H3,(H2,48,68)(H,51,57)(H,52,65)(H,54,64)(H,56,66)(H,58,67)(H,59,71)(H,60,73)(H,61,72)(H,62,70)(H,63,69)(H4,49,50,53);3-4H2,1-2H3/t32-,33?,34-,35?,36-,37?;/m0./s1. The van der Waals surface area contributed by atoms with Crippen LogP contribution in [0, 0.1) is 0 Å². The topological polar surface area (TPSA) is 414 Å². The van der Waals surface area contributed by atoms with Gasteiger partial charge in [0, 0.05) is 87.7 Å². The summed E-state index contributed by atoms with van der Waals surface area (Å²) in [7, 11) is 0. The van der Waals surface area contributed by atoms with Crippen molar-refractivity contribution < 1.29 is 47.9 Å². The number of carbonyl (C=O) groups is 10. The van der Waals surface area contributed by atoms with Crippen molar-refractivity contribution in [2.75, 3.05) is 26.2 Å². The molecule has 0 spiro atoms. The minimum Gasteiger partial charge on any atom is -0.370 e. The van der Waals surface area contributed by atoms with Gasteiger partial charge in [0.2, 0.25) is 59.1 Å².